The zero-order valence-electron chi connectivity index (χ0n) is 18.2. The summed E-state index contributed by atoms with van der Waals surface area (Å²) in [5, 5.41) is 0. The third kappa shape index (κ3) is 4.66. The second-order valence-electron chi connectivity index (χ2n) is 8.04. The summed E-state index contributed by atoms with van der Waals surface area (Å²) in [6.07, 6.45) is 2.45. The molecule has 2 aliphatic rings. The Kier molecular flexibility index (Phi) is 7.46. The maximum atomic E-state index is 13.3. The number of rotatable bonds is 5. The van der Waals surface area contributed by atoms with Crippen molar-refractivity contribution in [2.75, 3.05) is 40.0 Å². The van der Waals surface area contributed by atoms with Crippen molar-refractivity contribution < 1.29 is 19.0 Å². The number of aryl methyl sites for hydroxylation is 1. The summed E-state index contributed by atoms with van der Waals surface area (Å²) in [6.45, 7) is 4.78. The molecule has 2 aromatic rings. The first-order valence-electron chi connectivity index (χ1n) is 10.6. The summed E-state index contributed by atoms with van der Waals surface area (Å²) in [5.74, 6) is 1.48. The van der Waals surface area contributed by atoms with Gasteiger partial charge in [0.05, 0.1) is 24.9 Å². The number of methoxy groups -OCH3 is 1. The van der Waals surface area contributed by atoms with E-state index in [1.54, 1.807) is 7.11 Å². The van der Waals surface area contributed by atoms with Crippen LogP contribution in [0.5, 0.6) is 11.5 Å². The highest BCUT2D eigenvalue weighted by Crippen LogP contribution is 2.42. The Morgan fingerprint density at radius 2 is 1.97 bits per heavy atom. The summed E-state index contributed by atoms with van der Waals surface area (Å²) in [5.41, 5.74) is 9.42. The van der Waals surface area contributed by atoms with E-state index in [-0.39, 0.29) is 23.9 Å². The van der Waals surface area contributed by atoms with Crippen LogP contribution in [0.3, 0.4) is 0 Å². The number of benzene rings is 2. The van der Waals surface area contributed by atoms with E-state index in [2.05, 4.69) is 12.1 Å². The second kappa shape index (κ2) is 9.90. The molecule has 0 saturated carbocycles. The van der Waals surface area contributed by atoms with Crippen LogP contribution >= 0.6 is 12.4 Å². The van der Waals surface area contributed by atoms with Crippen molar-refractivity contribution in [3.05, 3.63) is 58.7 Å². The highest BCUT2D eigenvalue weighted by Gasteiger charge is 2.42. The average Bonchev–Trinajstić information content (AvgIpc) is 2.78. The lowest BCUT2D eigenvalue weighted by Gasteiger charge is -2.45. The highest BCUT2D eigenvalue weighted by molar-refractivity contribution is 5.97. The lowest BCUT2D eigenvalue weighted by molar-refractivity contribution is -0.0935. The van der Waals surface area contributed by atoms with E-state index < -0.39 is 0 Å². The molecule has 7 heteroatoms. The fourth-order valence-corrected chi connectivity index (χ4v) is 4.54. The van der Waals surface area contributed by atoms with E-state index in [0.717, 1.165) is 30.6 Å². The van der Waals surface area contributed by atoms with Crippen LogP contribution in [0, 0.1) is 6.92 Å². The number of nitrogens with two attached hydrogens (primary N) is 1. The molecule has 1 spiro atoms. The number of ether oxygens (including phenoxy) is 3. The molecule has 6 nitrogen and oxygen atoms in total. The molecule has 168 valence electrons. The molecule has 2 heterocycles. The Hall–Kier alpha value is -2.28. The Balaban J connectivity index is 0.00000272. The van der Waals surface area contributed by atoms with E-state index in [1.807, 2.05) is 36.1 Å². The molecule has 0 atom stereocenters. The number of fused-ring (bicyclic) bond motifs is 2. The number of halogens is 1. The van der Waals surface area contributed by atoms with Gasteiger partial charge in [-0.2, -0.15) is 0 Å². The van der Waals surface area contributed by atoms with Gasteiger partial charge in [-0.1, -0.05) is 17.7 Å². The van der Waals surface area contributed by atoms with Crippen molar-refractivity contribution >= 4 is 18.3 Å². The van der Waals surface area contributed by atoms with E-state index in [1.165, 1.54) is 11.1 Å². The molecular formula is C24H31ClN2O4. The number of likely N-dealkylation sites (tertiary alicyclic amines) is 1. The predicted molar refractivity (Wildman–Crippen MR) is 122 cm³/mol. The molecule has 31 heavy (non-hydrogen) atoms. The predicted octanol–water partition coefficient (Wildman–Crippen LogP) is 3.47. The summed E-state index contributed by atoms with van der Waals surface area (Å²) in [4.78, 5) is 15.2. The third-order valence-corrected chi connectivity index (χ3v) is 6.15. The van der Waals surface area contributed by atoms with Crippen LogP contribution in [0.4, 0.5) is 0 Å². The number of carbonyl (C=O) groups excluding carboxylic acids is 1. The van der Waals surface area contributed by atoms with E-state index in [0.29, 0.717) is 44.2 Å². The first-order valence-corrected chi connectivity index (χ1v) is 10.6. The quantitative estimate of drug-likeness (QED) is 0.761. The van der Waals surface area contributed by atoms with Crippen LogP contribution in [0.2, 0.25) is 0 Å². The first kappa shape index (κ1) is 23.4. The fraction of sp³-hybridized carbons (Fsp3) is 0.458. The molecule has 1 fully saturated rings. The molecule has 1 amide bonds. The SMILES string of the molecule is COc1ccc2c(c1)CCOC21CCN(C(=O)c2cc(C)ccc2OCCN)CC1.Cl. The summed E-state index contributed by atoms with van der Waals surface area (Å²) in [6, 6.07) is 12.0. The minimum absolute atomic E-state index is 0. The van der Waals surface area contributed by atoms with Crippen LogP contribution in [-0.2, 0) is 16.8 Å². The molecule has 2 aliphatic heterocycles. The molecule has 0 aromatic heterocycles. The molecule has 1 saturated heterocycles. The van der Waals surface area contributed by atoms with Crippen molar-refractivity contribution in [2.24, 2.45) is 5.73 Å². The van der Waals surface area contributed by atoms with Gasteiger partial charge in [-0.25, -0.2) is 0 Å². The molecule has 0 aliphatic carbocycles. The minimum atomic E-state index is -0.317. The number of piperidine rings is 1. The van der Waals surface area contributed by atoms with Crippen LogP contribution < -0.4 is 15.2 Å². The van der Waals surface area contributed by atoms with Gasteiger partial charge < -0.3 is 24.8 Å². The Morgan fingerprint density at radius 1 is 1.19 bits per heavy atom. The fourth-order valence-electron chi connectivity index (χ4n) is 4.54. The molecule has 0 radical (unpaired) electrons. The van der Waals surface area contributed by atoms with Crippen LogP contribution in [0.1, 0.15) is 39.9 Å². The largest absolute Gasteiger partial charge is 0.497 e. The van der Waals surface area contributed by atoms with E-state index in [9.17, 15) is 4.79 Å². The van der Waals surface area contributed by atoms with Gasteiger partial charge in [0, 0.05) is 19.6 Å². The highest BCUT2D eigenvalue weighted by atomic mass is 35.5. The van der Waals surface area contributed by atoms with Crippen LogP contribution in [0.15, 0.2) is 36.4 Å². The van der Waals surface area contributed by atoms with Crippen molar-refractivity contribution in [2.45, 2.75) is 31.8 Å². The van der Waals surface area contributed by atoms with Gasteiger partial charge in [-0.3, -0.25) is 4.79 Å². The normalized spacial score (nSPS) is 16.9. The maximum absolute atomic E-state index is 13.3. The lowest BCUT2D eigenvalue weighted by Crippen LogP contribution is -2.48. The third-order valence-electron chi connectivity index (χ3n) is 6.15. The van der Waals surface area contributed by atoms with E-state index in [4.69, 9.17) is 19.9 Å². The van der Waals surface area contributed by atoms with Crippen molar-refractivity contribution in [3.8, 4) is 11.5 Å². The monoisotopic (exact) mass is 446 g/mol. The number of hydrogen-bond donors (Lipinski definition) is 1. The van der Waals surface area contributed by atoms with Gasteiger partial charge in [0.1, 0.15) is 18.1 Å². The summed E-state index contributed by atoms with van der Waals surface area (Å²) >= 11 is 0. The van der Waals surface area contributed by atoms with Gasteiger partial charge >= 0.3 is 0 Å². The molecule has 2 N–H and O–H groups in total. The van der Waals surface area contributed by atoms with Crippen molar-refractivity contribution in [1.82, 2.24) is 4.90 Å². The second-order valence-corrected chi connectivity index (χ2v) is 8.04. The number of carbonyl (C=O) groups is 1. The van der Waals surface area contributed by atoms with Gasteiger partial charge in [-0.05, 0) is 61.6 Å². The molecule has 2 aromatic carbocycles. The zero-order valence-corrected chi connectivity index (χ0v) is 19.0. The van der Waals surface area contributed by atoms with Crippen LogP contribution in [0.25, 0.3) is 0 Å². The lowest BCUT2D eigenvalue weighted by atomic mass is 9.79. The first-order chi connectivity index (χ1) is 14.6. The van der Waals surface area contributed by atoms with Gasteiger partial charge in [0.2, 0.25) is 0 Å². The van der Waals surface area contributed by atoms with Gasteiger partial charge in [0.25, 0.3) is 5.91 Å². The topological polar surface area (TPSA) is 74.0 Å². The summed E-state index contributed by atoms with van der Waals surface area (Å²) in [7, 11) is 1.69. The Bertz CT molecular complexity index is 926. The maximum Gasteiger partial charge on any atom is 0.257 e. The number of amides is 1. The Labute approximate surface area is 190 Å². The average molecular weight is 447 g/mol. The summed E-state index contributed by atoms with van der Waals surface area (Å²) < 4.78 is 17.4. The molecule has 0 unspecified atom stereocenters. The zero-order chi connectivity index (χ0) is 21.1. The van der Waals surface area contributed by atoms with Crippen LogP contribution in [-0.4, -0.2) is 50.8 Å². The smallest absolute Gasteiger partial charge is 0.257 e. The van der Waals surface area contributed by atoms with E-state index >= 15 is 0 Å². The number of hydrogen-bond acceptors (Lipinski definition) is 5. The minimum Gasteiger partial charge on any atom is -0.497 e. The van der Waals surface area contributed by atoms with Gasteiger partial charge in [-0.15, -0.1) is 12.4 Å². The van der Waals surface area contributed by atoms with Gasteiger partial charge in [0.15, 0.2) is 0 Å². The standard InChI is InChI=1S/C24H30N2O4.ClH/c1-17-3-6-22(29-14-10-25)20(15-17)23(27)26-11-8-24(9-12-26)21-5-4-19(28-2)16-18(21)7-13-30-24;/h3-6,15-16H,7-14,25H2,1-2H3;1H. The number of nitrogens with zero attached hydrogens (tertiary/aromatic N) is 1. The Morgan fingerprint density at radius 3 is 2.68 bits per heavy atom. The molecule has 0 bridgehead atoms. The molecule has 4 rings (SSSR count). The molecular weight excluding hydrogens is 416 g/mol. The van der Waals surface area contributed by atoms with Crippen molar-refractivity contribution in [3.63, 3.8) is 0 Å². The van der Waals surface area contributed by atoms with Crippen molar-refractivity contribution in [1.29, 1.82) is 0 Å².